The van der Waals surface area contributed by atoms with Gasteiger partial charge in [-0.1, -0.05) is 60.7 Å². The van der Waals surface area contributed by atoms with Gasteiger partial charge in [0.05, 0.1) is 12.6 Å². The Hall–Kier alpha value is -1.82. The van der Waals surface area contributed by atoms with Gasteiger partial charge in [0.25, 0.3) is 0 Å². The molecule has 2 nitrogen and oxygen atoms in total. The van der Waals surface area contributed by atoms with Gasteiger partial charge in [-0.2, -0.15) is 5.26 Å². The molecule has 102 valence electrons. The molecule has 2 aromatic rings. The van der Waals surface area contributed by atoms with E-state index in [1.807, 2.05) is 36.4 Å². The van der Waals surface area contributed by atoms with Gasteiger partial charge in [0.1, 0.15) is 0 Å². The Balaban J connectivity index is 2.20. The summed E-state index contributed by atoms with van der Waals surface area (Å²) in [6.07, 6.45) is 0. The van der Waals surface area contributed by atoms with Crippen molar-refractivity contribution in [3.63, 3.8) is 0 Å². The van der Waals surface area contributed by atoms with E-state index in [2.05, 4.69) is 35.2 Å². The fraction of sp³-hybridized carbons (Fsp3) is 0.235. The molecule has 0 heterocycles. The molecule has 0 saturated carbocycles. The largest absolute Gasteiger partial charge is 0.278 e. The number of nitrogens with zero attached hydrogens (tertiary/aromatic N) is 2. The highest BCUT2D eigenvalue weighted by molar-refractivity contribution is 6.18. The van der Waals surface area contributed by atoms with Gasteiger partial charge in [0, 0.05) is 18.5 Å². The predicted molar refractivity (Wildman–Crippen MR) is 82.4 cm³/mol. The quantitative estimate of drug-likeness (QED) is 0.592. The highest BCUT2D eigenvalue weighted by Gasteiger charge is 2.19. The first-order chi connectivity index (χ1) is 9.85. The first kappa shape index (κ1) is 14.6. The zero-order valence-electron chi connectivity index (χ0n) is 11.2. The van der Waals surface area contributed by atoms with Crippen LogP contribution in [0.2, 0.25) is 0 Å². The Labute approximate surface area is 125 Å². The van der Waals surface area contributed by atoms with Gasteiger partial charge in [-0.15, -0.1) is 11.6 Å². The minimum Gasteiger partial charge on any atom is -0.278 e. The maximum absolute atomic E-state index is 9.07. The van der Waals surface area contributed by atoms with Gasteiger partial charge in [-0.05, 0) is 11.1 Å². The van der Waals surface area contributed by atoms with Gasteiger partial charge >= 0.3 is 0 Å². The summed E-state index contributed by atoms with van der Waals surface area (Å²) in [6.45, 7) is 1.09. The lowest BCUT2D eigenvalue weighted by atomic mass is 10.1. The maximum Gasteiger partial charge on any atom is 0.0874 e. The lowest BCUT2D eigenvalue weighted by molar-refractivity contribution is 0.230. The van der Waals surface area contributed by atoms with Crippen LogP contribution < -0.4 is 0 Å². The number of rotatable bonds is 6. The van der Waals surface area contributed by atoms with Gasteiger partial charge in [0.15, 0.2) is 0 Å². The Kier molecular flexibility index (Phi) is 5.61. The van der Waals surface area contributed by atoms with Gasteiger partial charge in [-0.25, -0.2) is 0 Å². The van der Waals surface area contributed by atoms with Crippen molar-refractivity contribution in [2.24, 2.45) is 0 Å². The summed E-state index contributed by atoms with van der Waals surface area (Å²) in [5, 5.41) is 9.07. The molecule has 0 radical (unpaired) electrons. The zero-order chi connectivity index (χ0) is 14.2. The van der Waals surface area contributed by atoms with Crippen LogP contribution in [-0.2, 0) is 6.54 Å². The molecule has 0 spiro atoms. The van der Waals surface area contributed by atoms with E-state index in [-0.39, 0.29) is 6.04 Å². The Morgan fingerprint density at radius 3 is 2.15 bits per heavy atom. The second kappa shape index (κ2) is 7.69. The van der Waals surface area contributed by atoms with E-state index in [9.17, 15) is 0 Å². The molecule has 0 aliphatic heterocycles. The Morgan fingerprint density at radius 1 is 1.00 bits per heavy atom. The van der Waals surface area contributed by atoms with Crippen molar-refractivity contribution in [2.45, 2.75) is 12.6 Å². The van der Waals surface area contributed by atoms with E-state index in [0.29, 0.717) is 12.4 Å². The first-order valence-electron chi connectivity index (χ1n) is 6.61. The third-order valence-corrected chi connectivity index (χ3v) is 3.57. The molecule has 0 aromatic heterocycles. The van der Waals surface area contributed by atoms with E-state index in [1.165, 1.54) is 5.56 Å². The van der Waals surface area contributed by atoms with E-state index < -0.39 is 0 Å². The molecule has 0 aliphatic carbocycles. The smallest absolute Gasteiger partial charge is 0.0874 e. The topological polar surface area (TPSA) is 27.0 Å². The summed E-state index contributed by atoms with van der Waals surface area (Å²) in [7, 11) is 0. The monoisotopic (exact) mass is 284 g/mol. The fourth-order valence-corrected chi connectivity index (χ4v) is 2.63. The zero-order valence-corrected chi connectivity index (χ0v) is 12.0. The highest BCUT2D eigenvalue weighted by Crippen LogP contribution is 2.23. The Morgan fingerprint density at radius 2 is 1.60 bits per heavy atom. The fourth-order valence-electron chi connectivity index (χ4n) is 2.26. The van der Waals surface area contributed by atoms with Crippen LogP contribution in [0, 0.1) is 11.3 Å². The van der Waals surface area contributed by atoms with Crippen LogP contribution in [0.15, 0.2) is 60.7 Å². The SMILES string of the molecule is N#CCN(Cc1ccccc1)[C@H](CCl)c1ccccc1. The molecule has 0 unspecified atom stereocenters. The summed E-state index contributed by atoms with van der Waals surface area (Å²) < 4.78 is 0. The first-order valence-corrected chi connectivity index (χ1v) is 7.14. The van der Waals surface area contributed by atoms with Crippen LogP contribution in [0.3, 0.4) is 0 Å². The third kappa shape index (κ3) is 3.84. The van der Waals surface area contributed by atoms with E-state index in [1.54, 1.807) is 0 Å². The summed E-state index contributed by atoms with van der Waals surface area (Å²) in [4.78, 5) is 2.11. The van der Waals surface area contributed by atoms with Crippen LogP contribution in [-0.4, -0.2) is 17.3 Å². The minimum atomic E-state index is 0.0534. The van der Waals surface area contributed by atoms with Crippen molar-refractivity contribution >= 4 is 11.6 Å². The van der Waals surface area contributed by atoms with Crippen molar-refractivity contribution < 1.29 is 0 Å². The van der Waals surface area contributed by atoms with Crippen molar-refractivity contribution in [1.29, 1.82) is 5.26 Å². The normalized spacial score (nSPS) is 12.1. The van der Waals surface area contributed by atoms with E-state index >= 15 is 0 Å². The average Bonchev–Trinajstić information content (AvgIpc) is 2.50. The molecule has 20 heavy (non-hydrogen) atoms. The van der Waals surface area contributed by atoms with Crippen LogP contribution in [0.25, 0.3) is 0 Å². The molecule has 0 fully saturated rings. The van der Waals surface area contributed by atoms with E-state index in [0.717, 1.165) is 12.1 Å². The van der Waals surface area contributed by atoms with Crippen LogP contribution >= 0.6 is 11.6 Å². The second-order valence-corrected chi connectivity index (χ2v) is 4.94. The maximum atomic E-state index is 9.07. The van der Waals surface area contributed by atoms with Crippen molar-refractivity contribution in [1.82, 2.24) is 4.90 Å². The summed E-state index contributed by atoms with van der Waals surface area (Å²) in [5.74, 6) is 0.471. The van der Waals surface area contributed by atoms with Gasteiger partial charge in [0.2, 0.25) is 0 Å². The minimum absolute atomic E-state index is 0.0534. The standard InChI is InChI=1S/C17H17ClN2/c18-13-17(16-9-5-2-6-10-16)20(12-11-19)14-15-7-3-1-4-8-15/h1-10,17H,12-14H2/t17-/m1/s1. The highest BCUT2D eigenvalue weighted by atomic mass is 35.5. The number of hydrogen-bond donors (Lipinski definition) is 0. The van der Waals surface area contributed by atoms with Gasteiger partial charge < -0.3 is 0 Å². The van der Waals surface area contributed by atoms with Gasteiger partial charge in [-0.3, -0.25) is 4.90 Å². The lowest BCUT2D eigenvalue weighted by Gasteiger charge is -2.28. The molecule has 0 saturated heterocycles. The molecule has 2 rings (SSSR count). The number of benzene rings is 2. The summed E-state index contributed by atoms with van der Waals surface area (Å²) >= 11 is 6.15. The average molecular weight is 285 g/mol. The molecule has 0 N–H and O–H groups in total. The number of nitriles is 1. The van der Waals surface area contributed by atoms with Crippen molar-refractivity contribution in [3.8, 4) is 6.07 Å². The molecule has 3 heteroatoms. The summed E-state index contributed by atoms with van der Waals surface area (Å²) in [6, 6.07) is 22.6. The van der Waals surface area contributed by atoms with Crippen molar-refractivity contribution in [3.05, 3.63) is 71.8 Å². The third-order valence-electron chi connectivity index (χ3n) is 3.27. The lowest BCUT2D eigenvalue weighted by Crippen LogP contribution is -2.30. The predicted octanol–water partition coefficient (Wildman–Crippen LogP) is 3.99. The van der Waals surface area contributed by atoms with Crippen molar-refractivity contribution in [2.75, 3.05) is 12.4 Å². The summed E-state index contributed by atoms with van der Waals surface area (Å²) in [5.41, 5.74) is 2.34. The molecular weight excluding hydrogens is 268 g/mol. The van der Waals surface area contributed by atoms with E-state index in [4.69, 9.17) is 16.9 Å². The molecule has 2 aromatic carbocycles. The molecule has 0 bridgehead atoms. The molecule has 1 atom stereocenters. The second-order valence-electron chi connectivity index (χ2n) is 4.63. The Bertz CT molecular complexity index is 548. The number of hydrogen-bond acceptors (Lipinski definition) is 2. The number of alkyl halides is 1. The van der Waals surface area contributed by atoms with Crippen LogP contribution in [0.1, 0.15) is 17.2 Å². The molecule has 0 amide bonds. The number of halogens is 1. The molecular formula is C17H17ClN2. The molecule has 0 aliphatic rings. The van der Waals surface area contributed by atoms with Crippen LogP contribution in [0.4, 0.5) is 0 Å². The van der Waals surface area contributed by atoms with Crippen LogP contribution in [0.5, 0.6) is 0 Å².